The Balaban J connectivity index is 2.58. The van der Waals surface area contributed by atoms with Crippen LogP contribution in [0.3, 0.4) is 0 Å². The fourth-order valence-corrected chi connectivity index (χ4v) is 2.39. The van der Waals surface area contributed by atoms with E-state index in [1.54, 1.807) is 4.57 Å². The van der Waals surface area contributed by atoms with E-state index >= 15 is 0 Å². The number of nitrogens with one attached hydrogen (secondary N) is 1. The summed E-state index contributed by atoms with van der Waals surface area (Å²) in [6, 6.07) is 5.58. The maximum atomic E-state index is 11.8. The molecule has 5 heteroatoms. The van der Waals surface area contributed by atoms with Gasteiger partial charge in [0.1, 0.15) is 0 Å². The monoisotopic (exact) mass is 310 g/mol. The second kappa shape index (κ2) is 5.52. The topological polar surface area (TPSA) is 54.9 Å². The van der Waals surface area contributed by atoms with Gasteiger partial charge in [-0.25, -0.2) is 4.79 Å². The largest absolute Gasteiger partial charge is 0.328 e. The fourth-order valence-electron chi connectivity index (χ4n) is 1.99. The van der Waals surface area contributed by atoms with Gasteiger partial charge in [0.05, 0.1) is 10.9 Å². The number of unbranched alkanes of at least 4 members (excludes halogenated alkanes) is 1. The summed E-state index contributed by atoms with van der Waals surface area (Å²) in [4.78, 5) is 26.0. The lowest BCUT2D eigenvalue weighted by Gasteiger charge is -2.09. The predicted molar refractivity (Wildman–Crippen MR) is 76.6 cm³/mol. The van der Waals surface area contributed by atoms with E-state index in [9.17, 15) is 9.59 Å². The van der Waals surface area contributed by atoms with Crippen LogP contribution in [0, 0.1) is 6.92 Å². The Morgan fingerprint density at radius 2 is 2.06 bits per heavy atom. The quantitative estimate of drug-likeness (QED) is 0.695. The number of hydrogen-bond acceptors (Lipinski definition) is 2. The number of nitrogens with zero attached hydrogens (tertiary/aromatic N) is 1. The summed E-state index contributed by atoms with van der Waals surface area (Å²) < 4.78 is 1.64. The van der Waals surface area contributed by atoms with Crippen LogP contribution < -0.4 is 11.2 Å². The van der Waals surface area contributed by atoms with Crippen molar-refractivity contribution in [2.75, 3.05) is 5.33 Å². The Labute approximate surface area is 113 Å². The van der Waals surface area contributed by atoms with Crippen molar-refractivity contribution in [2.24, 2.45) is 0 Å². The molecule has 0 amide bonds. The molecule has 0 radical (unpaired) electrons. The van der Waals surface area contributed by atoms with Crippen molar-refractivity contribution >= 4 is 26.8 Å². The molecule has 18 heavy (non-hydrogen) atoms. The molecular weight excluding hydrogens is 296 g/mol. The van der Waals surface area contributed by atoms with E-state index in [0.29, 0.717) is 17.4 Å². The smallest absolute Gasteiger partial charge is 0.293 e. The third-order valence-corrected chi connectivity index (χ3v) is 3.48. The van der Waals surface area contributed by atoms with Gasteiger partial charge in [-0.15, -0.1) is 0 Å². The highest BCUT2D eigenvalue weighted by atomic mass is 79.9. The molecule has 96 valence electrons. The summed E-state index contributed by atoms with van der Waals surface area (Å²) in [6.07, 6.45) is 1.90. The molecule has 0 saturated heterocycles. The Morgan fingerprint density at radius 1 is 1.28 bits per heavy atom. The van der Waals surface area contributed by atoms with E-state index in [2.05, 4.69) is 20.9 Å². The first-order valence-electron chi connectivity index (χ1n) is 5.93. The van der Waals surface area contributed by atoms with Crippen LogP contribution in [0.2, 0.25) is 0 Å². The zero-order chi connectivity index (χ0) is 13.1. The van der Waals surface area contributed by atoms with Crippen molar-refractivity contribution < 1.29 is 0 Å². The molecule has 0 fully saturated rings. The van der Waals surface area contributed by atoms with Gasteiger partial charge in [-0.2, -0.15) is 0 Å². The SMILES string of the molecule is Cc1ccc2c(c1)c(=O)[nH]c(=O)n2CCCCBr. The number of rotatable bonds is 4. The number of aryl methyl sites for hydroxylation is 2. The van der Waals surface area contributed by atoms with Crippen LogP contribution in [0.1, 0.15) is 18.4 Å². The highest BCUT2D eigenvalue weighted by Crippen LogP contribution is 2.11. The molecule has 0 aliphatic carbocycles. The number of aromatic amines is 1. The molecule has 2 rings (SSSR count). The first kappa shape index (κ1) is 13.1. The Bertz CT molecular complexity index is 673. The standard InChI is InChI=1S/C13H15BrN2O2/c1-9-4-5-11-10(8-9)12(17)15-13(18)16(11)7-3-2-6-14/h4-5,8H,2-3,6-7H2,1H3,(H,15,17,18). The third kappa shape index (κ3) is 2.56. The van der Waals surface area contributed by atoms with Crippen LogP contribution in [0.4, 0.5) is 0 Å². The highest BCUT2D eigenvalue weighted by Gasteiger charge is 2.06. The van der Waals surface area contributed by atoms with Gasteiger partial charge in [0, 0.05) is 11.9 Å². The highest BCUT2D eigenvalue weighted by molar-refractivity contribution is 9.09. The Kier molecular flexibility index (Phi) is 4.01. The van der Waals surface area contributed by atoms with Crippen molar-refractivity contribution in [2.45, 2.75) is 26.3 Å². The third-order valence-electron chi connectivity index (χ3n) is 2.92. The molecular formula is C13H15BrN2O2. The number of hydrogen-bond donors (Lipinski definition) is 1. The van der Waals surface area contributed by atoms with Gasteiger partial charge in [-0.3, -0.25) is 14.3 Å². The minimum atomic E-state index is -0.328. The second-order valence-electron chi connectivity index (χ2n) is 4.33. The summed E-state index contributed by atoms with van der Waals surface area (Å²) in [5.41, 5.74) is 1.09. The molecule has 0 aliphatic heterocycles. The number of benzene rings is 1. The molecule has 1 N–H and O–H groups in total. The molecule has 1 heterocycles. The zero-order valence-electron chi connectivity index (χ0n) is 10.2. The summed E-state index contributed by atoms with van der Waals surface area (Å²) in [5.74, 6) is 0. The molecule has 1 aromatic heterocycles. The number of fused-ring (bicyclic) bond motifs is 1. The van der Waals surface area contributed by atoms with Gasteiger partial charge < -0.3 is 0 Å². The second-order valence-corrected chi connectivity index (χ2v) is 5.12. The molecule has 0 bridgehead atoms. The fraction of sp³-hybridized carbons (Fsp3) is 0.385. The van der Waals surface area contributed by atoms with Crippen molar-refractivity contribution in [1.29, 1.82) is 0 Å². The first-order valence-corrected chi connectivity index (χ1v) is 7.05. The van der Waals surface area contributed by atoms with Crippen LogP contribution in [0.15, 0.2) is 27.8 Å². The molecule has 0 atom stereocenters. The van der Waals surface area contributed by atoms with Crippen LogP contribution in [-0.2, 0) is 6.54 Å². The van der Waals surface area contributed by atoms with Crippen molar-refractivity contribution in [3.63, 3.8) is 0 Å². The molecule has 0 saturated carbocycles. The minimum Gasteiger partial charge on any atom is -0.293 e. The van der Waals surface area contributed by atoms with Crippen molar-refractivity contribution in [1.82, 2.24) is 9.55 Å². The van der Waals surface area contributed by atoms with E-state index in [0.717, 1.165) is 23.7 Å². The lowest BCUT2D eigenvalue weighted by Crippen LogP contribution is -2.30. The Morgan fingerprint density at radius 3 is 2.78 bits per heavy atom. The summed E-state index contributed by atoms with van der Waals surface area (Å²) in [6.45, 7) is 2.56. The lowest BCUT2D eigenvalue weighted by atomic mass is 10.1. The van der Waals surface area contributed by atoms with Crippen molar-refractivity contribution in [3.05, 3.63) is 44.6 Å². The molecule has 4 nitrogen and oxygen atoms in total. The number of halogens is 1. The first-order chi connectivity index (χ1) is 8.63. The van der Waals surface area contributed by atoms with Gasteiger partial charge in [0.25, 0.3) is 5.56 Å². The van der Waals surface area contributed by atoms with E-state index in [4.69, 9.17) is 0 Å². The molecule has 0 unspecified atom stereocenters. The normalized spacial score (nSPS) is 11.0. The van der Waals surface area contributed by atoms with Crippen LogP contribution in [0.5, 0.6) is 0 Å². The summed E-state index contributed by atoms with van der Waals surface area (Å²) >= 11 is 3.37. The molecule has 1 aromatic carbocycles. The van der Waals surface area contributed by atoms with Gasteiger partial charge in [-0.05, 0) is 31.9 Å². The number of aromatic nitrogens is 2. The van der Waals surface area contributed by atoms with Gasteiger partial charge in [0.15, 0.2) is 0 Å². The Hall–Kier alpha value is -1.36. The lowest BCUT2D eigenvalue weighted by molar-refractivity contribution is 0.621. The van der Waals surface area contributed by atoms with Gasteiger partial charge >= 0.3 is 5.69 Å². The van der Waals surface area contributed by atoms with Crippen LogP contribution in [0.25, 0.3) is 10.9 Å². The van der Waals surface area contributed by atoms with Gasteiger partial charge in [-0.1, -0.05) is 27.6 Å². The zero-order valence-corrected chi connectivity index (χ0v) is 11.8. The number of H-pyrrole nitrogens is 1. The van der Waals surface area contributed by atoms with Crippen LogP contribution >= 0.6 is 15.9 Å². The summed E-state index contributed by atoms with van der Waals surface area (Å²) in [7, 11) is 0. The molecule has 2 aromatic rings. The number of alkyl halides is 1. The van der Waals surface area contributed by atoms with E-state index in [1.165, 1.54) is 0 Å². The predicted octanol–water partition coefficient (Wildman–Crippen LogP) is 2.17. The van der Waals surface area contributed by atoms with E-state index in [1.807, 2.05) is 25.1 Å². The summed E-state index contributed by atoms with van der Waals surface area (Å²) in [5, 5.41) is 1.50. The maximum absolute atomic E-state index is 11.8. The van der Waals surface area contributed by atoms with Gasteiger partial charge in [0.2, 0.25) is 0 Å². The molecule has 0 spiro atoms. The van der Waals surface area contributed by atoms with Crippen LogP contribution in [-0.4, -0.2) is 14.9 Å². The molecule has 0 aliphatic rings. The van der Waals surface area contributed by atoms with Crippen molar-refractivity contribution in [3.8, 4) is 0 Å². The minimum absolute atomic E-state index is 0.310. The average molecular weight is 311 g/mol. The van der Waals surface area contributed by atoms with E-state index in [-0.39, 0.29) is 11.2 Å². The average Bonchev–Trinajstić information content (AvgIpc) is 2.34. The van der Waals surface area contributed by atoms with E-state index < -0.39 is 0 Å². The maximum Gasteiger partial charge on any atom is 0.328 e.